The average Bonchev–Trinajstić information content (AvgIpc) is 3.11. The molecule has 8 heteroatoms. The number of likely N-dealkylation sites (tertiary alicyclic amines) is 1. The summed E-state index contributed by atoms with van der Waals surface area (Å²) >= 11 is 1.39. The standard InChI is InChI=1S/C21H19F3N2O2S/c22-21(23,24)14-7-5-6-13(12-14)18(26-11-4-3-9-16(26)20(27)28)19-25-15-8-1-2-10-17(15)29-19/h1-2,5-8,10,12,16,18H,3-4,9,11H2,(H,27,28). The highest BCUT2D eigenvalue weighted by molar-refractivity contribution is 7.18. The fourth-order valence-corrected chi connectivity index (χ4v) is 5.01. The summed E-state index contributed by atoms with van der Waals surface area (Å²) in [5, 5.41) is 10.3. The van der Waals surface area contributed by atoms with Gasteiger partial charge in [0.2, 0.25) is 0 Å². The maximum atomic E-state index is 13.3. The fraction of sp³-hybridized carbons (Fsp3) is 0.333. The van der Waals surface area contributed by atoms with Gasteiger partial charge in [0.05, 0.1) is 21.8 Å². The number of hydrogen-bond acceptors (Lipinski definition) is 4. The number of piperidine rings is 1. The van der Waals surface area contributed by atoms with Crippen LogP contribution in [0.15, 0.2) is 48.5 Å². The number of para-hydroxylation sites is 1. The SMILES string of the molecule is O=C(O)C1CCCCN1C(c1cccc(C(F)(F)F)c1)c1nc2ccccc2s1. The van der Waals surface area contributed by atoms with Gasteiger partial charge in [-0.3, -0.25) is 9.69 Å². The van der Waals surface area contributed by atoms with Crippen LogP contribution >= 0.6 is 11.3 Å². The molecule has 2 heterocycles. The first kappa shape index (κ1) is 19.8. The van der Waals surface area contributed by atoms with E-state index in [-0.39, 0.29) is 0 Å². The van der Waals surface area contributed by atoms with E-state index in [0.717, 1.165) is 35.2 Å². The zero-order valence-corrected chi connectivity index (χ0v) is 16.2. The molecule has 0 radical (unpaired) electrons. The Kier molecular flexibility index (Phi) is 5.31. The number of nitrogens with zero attached hydrogens (tertiary/aromatic N) is 2. The molecule has 0 saturated carbocycles. The molecule has 4 rings (SSSR count). The molecule has 3 aromatic rings. The molecule has 0 spiro atoms. The first-order valence-electron chi connectivity index (χ1n) is 9.36. The molecule has 1 N–H and O–H groups in total. The van der Waals surface area contributed by atoms with Crippen molar-refractivity contribution in [2.45, 2.75) is 37.5 Å². The third-order valence-corrected chi connectivity index (χ3v) is 6.32. The number of aromatic nitrogens is 1. The number of thiazole rings is 1. The zero-order chi connectivity index (χ0) is 20.6. The Morgan fingerprint density at radius 2 is 1.97 bits per heavy atom. The van der Waals surface area contributed by atoms with Crippen molar-refractivity contribution < 1.29 is 23.1 Å². The van der Waals surface area contributed by atoms with Gasteiger partial charge in [0.25, 0.3) is 0 Å². The second-order valence-electron chi connectivity index (χ2n) is 7.13. The maximum absolute atomic E-state index is 13.3. The van der Waals surface area contributed by atoms with Crippen LogP contribution in [0.2, 0.25) is 0 Å². The van der Waals surface area contributed by atoms with E-state index in [1.54, 1.807) is 11.0 Å². The third-order valence-electron chi connectivity index (χ3n) is 5.23. The van der Waals surface area contributed by atoms with Gasteiger partial charge in [-0.25, -0.2) is 4.98 Å². The van der Waals surface area contributed by atoms with E-state index < -0.39 is 29.8 Å². The molecular formula is C21H19F3N2O2S. The van der Waals surface area contributed by atoms with Crippen LogP contribution in [0.1, 0.15) is 41.4 Å². The van der Waals surface area contributed by atoms with Gasteiger partial charge in [-0.05, 0) is 42.7 Å². The largest absolute Gasteiger partial charge is 0.480 e. The van der Waals surface area contributed by atoms with Crippen LogP contribution in [0.25, 0.3) is 10.2 Å². The Morgan fingerprint density at radius 3 is 2.69 bits per heavy atom. The van der Waals surface area contributed by atoms with E-state index in [4.69, 9.17) is 0 Å². The predicted molar refractivity (Wildman–Crippen MR) is 105 cm³/mol. The molecule has 0 amide bonds. The van der Waals surface area contributed by atoms with Crippen LogP contribution in [-0.4, -0.2) is 33.5 Å². The minimum absolute atomic E-state index is 0.409. The summed E-state index contributed by atoms with van der Waals surface area (Å²) in [6.07, 6.45) is -2.43. The summed E-state index contributed by atoms with van der Waals surface area (Å²) in [6.45, 7) is 0.494. The molecule has 1 fully saturated rings. The molecule has 0 bridgehead atoms. The Balaban J connectivity index is 1.86. The number of halogens is 3. The topological polar surface area (TPSA) is 53.4 Å². The van der Waals surface area contributed by atoms with Crippen molar-refractivity contribution in [3.8, 4) is 0 Å². The van der Waals surface area contributed by atoms with E-state index in [1.165, 1.54) is 17.4 Å². The van der Waals surface area contributed by atoms with Crippen molar-refractivity contribution in [2.75, 3.05) is 6.54 Å². The second-order valence-corrected chi connectivity index (χ2v) is 8.20. The summed E-state index contributed by atoms with van der Waals surface area (Å²) in [7, 11) is 0. The number of rotatable bonds is 4. The van der Waals surface area contributed by atoms with E-state index in [0.29, 0.717) is 23.5 Å². The number of fused-ring (bicyclic) bond motifs is 1. The minimum Gasteiger partial charge on any atom is -0.480 e. The quantitative estimate of drug-likeness (QED) is 0.619. The molecule has 4 nitrogen and oxygen atoms in total. The highest BCUT2D eigenvalue weighted by Crippen LogP contribution is 2.39. The normalized spacial score (nSPS) is 19.3. The van der Waals surface area contributed by atoms with Crippen LogP contribution in [0, 0.1) is 0 Å². The highest BCUT2D eigenvalue weighted by Gasteiger charge is 2.38. The van der Waals surface area contributed by atoms with Gasteiger partial charge < -0.3 is 5.11 Å². The lowest BCUT2D eigenvalue weighted by Crippen LogP contribution is -2.46. The van der Waals surface area contributed by atoms with Crippen molar-refractivity contribution in [2.24, 2.45) is 0 Å². The van der Waals surface area contributed by atoms with E-state index in [9.17, 15) is 23.1 Å². The molecule has 2 atom stereocenters. The van der Waals surface area contributed by atoms with Crippen molar-refractivity contribution in [1.82, 2.24) is 9.88 Å². The van der Waals surface area contributed by atoms with Gasteiger partial charge in [0, 0.05) is 6.54 Å². The molecule has 0 aliphatic carbocycles. The van der Waals surface area contributed by atoms with Crippen LogP contribution in [-0.2, 0) is 11.0 Å². The van der Waals surface area contributed by atoms with Gasteiger partial charge in [-0.2, -0.15) is 13.2 Å². The summed E-state index contributed by atoms with van der Waals surface area (Å²) in [5.41, 5.74) is 0.422. The molecule has 29 heavy (non-hydrogen) atoms. The lowest BCUT2D eigenvalue weighted by atomic mass is 9.95. The van der Waals surface area contributed by atoms with Gasteiger partial charge in [-0.15, -0.1) is 11.3 Å². The minimum atomic E-state index is -4.47. The Morgan fingerprint density at radius 1 is 1.17 bits per heavy atom. The van der Waals surface area contributed by atoms with Gasteiger partial charge in [-0.1, -0.05) is 30.7 Å². The van der Waals surface area contributed by atoms with Crippen molar-refractivity contribution in [3.63, 3.8) is 0 Å². The van der Waals surface area contributed by atoms with Gasteiger partial charge >= 0.3 is 12.1 Å². The highest BCUT2D eigenvalue weighted by atomic mass is 32.1. The fourth-order valence-electron chi connectivity index (χ4n) is 3.90. The summed E-state index contributed by atoms with van der Waals surface area (Å²) in [5.74, 6) is -0.956. The first-order valence-corrected chi connectivity index (χ1v) is 10.2. The number of alkyl halides is 3. The van der Waals surface area contributed by atoms with Gasteiger partial charge in [0.15, 0.2) is 0 Å². The average molecular weight is 420 g/mol. The lowest BCUT2D eigenvalue weighted by Gasteiger charge is -2.38. The number of carboxylic acid groups (broad SMARTS) is 1. The Labute approximate surface area is 169 Å². The van der Waals surface area contributed by atoms with Crippen LogP contribution in [0.5, 0.6) is 0 Å². The van der Waals surface area contributed by atoms with Crippen molar-refractivity contribution in [3.05, 3.63) is 64.7 Å². The van der Waals surface area contributed by atoms with Crippen LogP contribution in [0.3, 0.4) is 0 Å². The van der Waals surface area contributed by atoms with Crippen LogP contribution in [0.4, 0.5) is 13.2 Å². The maximum Gasteiger partial charge on any atom is 0.416 e. The summed E-state index contributed by atoms with van der Waals surface area (Å²) in [6, 6.07) is 11.2. The first-order chi connectivity index (χ1) is 13.8. The molecule has 1 aliphatic rings. The molecular weight excluding hydrogens is 401 g/mol. The van der Waals surface area contributed by atoms with E-state index in [2.05, 4.69) is 4.98 Å². The van der Waals surface area contributed by atoms with E-state index >= 15 is 0 Å². The number of benzene rings is 2. The summed E-state index contributed by atoms with van der Waals surface area (Å²) < 4.78 is 40.9. The zero-order valence-electron chi connectivity index (χ0n) is 15.4. The second kappa shape index (κ2) is 7.76. The molecule has 1 aromatic heterocycles. The number of hydrogen-bond donors (Lipinski definition) is 1. The molecule has 152 valence electrons. The number of carboxylic acids is 1. The number of carbonyl (C=O) groups is 1. The van der Waals surface area contributed by atoms with Crippen molar-refractivity contribution >= 4 is 27.5 Å². The summed E-state index contributed by atoms with van der Waals surface area (Å²) in [4.78, 5) is 18.3. The molecule has 2 aromatic carbocycles. The molecule has 1 saturated heterocycles. The third kappa shape index (κ3) is 4.00. The van der Waals surface area contributed by atoms with Crippen LogP contribution < -0.4 is 0 Å². The van der Waals surface area contributed by atoms with Gasteiger partial charge in [0.1, 0.15) is 11.0 Å². The number of aliphatic carboxylic acids is 1. The monoisotopic (exact) mass is 420 g/mol. The Hall–Kier alpha value is -2.45. The Bertz CT molecular complexity index is 1000. The lowest BCUT2D eigenvalue weighted by molar-refractivity contribution is -0.145. The van der Waals surface area contributed by atoms with E-state index in [1.807, 2.05) is 24.3 Å². The van der Waals surface area contributed by atoms with Crippen molar-refractivity contribution in [1.29, 1.82) is 0 Å². The predicted octanol–water partition coefficient (Wildman–Crippen LogP) is 5.34. The molecule has 1 aliphatic heterocycles. The smallest absolute Gasteiger partial charge is 0.416 e. The molecule has 2 unspecified atom stereocenters.